The summed E-state index contributed by atoms with van der Waals surface area (Å²) < 4.78 is 5.33. The normalized spacial score (nSPS) is 14.8. The Kier molecular flexibility index (Phi) is 1.24. The molecule has 0 saturated heterocycles. The van der Waals surface area contributed by atoms with Gasteiger partial charge >= 0.3 is 0 Å². The Bertz CT molecular complexity index is 209. The molecule has 0 unspecified atom stereocenters. The third-order valence-electron chi connectivity index (χ3n) is 1.50. The van der Waals surface area contributed by atoms with E-state index >= 15 is 0 Å². The maximum Gasteiger partial charge on any atom is 0.144 e. The third-order valence-corrected chi connectivity index (χ3v) is 1.50. The summed E-state index contributed by atoms with van der Waals surface area (Å²) in [6, 6.07) is 7.84. The lowest BCUT2D eigenvalue weighted by Crippen LogP contribution is -2.16. The Morgan fingerprint density at radius 1 is 1.30 bits per heavy atom. The Morgan fingerprint density at radius 2 is 2.20 bits per heavy atom. The molecule has 0 saturated carbocycles. The maximum absolute atomic E-state index is 5.33. The van der Waals surface area contributed by atoms with Crippen molar-refractivity contribution in [1.29, 1.82) is 0 Å². The van der Waals surface area contributed by atoms with E-state index in [1.54, 1.807) is 0 Å². The van der Waals surface area contributed by atoms with E-state index in [-0.39, 0.29) is 0 Å². The van der Waals surface area contributed by atoms with Crippen molar-refractivity contribution in [2.24, 2.45) is 0 Å². The van der Waals surface area contributed by atoms with Gasteiger partial charge in [-0.05, 0) is 12.1 Å². The van der Waals surface area contributed by atoms with Crippen molar-refractivity contribution in [2.75, 3.05) is 13.2 Å². The molecule has 2 heteroatoms. The quantitative estimate of drug-likeness (QED) is 0.524. The minimum absolute atomic E-state index is 0.719. The Balaban J connectivity index is 2.41. The molecule has 1 heterocycles. The van der Waals surface area contributed by atoms with Gasteiger partial charge in [0.05, 0.1) is 12.2 Å². The highest BCUT2D eigenvalue weighted by Gasteiger charge is 2.07. The van der Waals surface area contributed by atoms with Crippen LogP contribution in [-0.2, 0) is 0 Å². The lowest BCUT2D eigenvalue weighted by atomic mass is 10.3. The molecule has 0 bridgehead atoms. The molecule has 1 aromatic rings. The molecule has 2 nitrogen and oxygen atoms in total. The third kappa shape index (κ3) is 0.817. The van der Waals surface area contributed by atoms with Gasteiger partial charge in [-0.25, -0.2) is 0 Å². The van der Waals surface area contributed by atoms with Crippen LogP contribution in [0.4, 0.5) is 5.69 Å². The van der Waals surface area contributed by atoms with Crippen LogP contribution in [0.5, 0.6) is 5.75 Å². The second-order valence-electron chi connectivity index (χ2n) is 2.20. The average molecular weight is 134 g/mol. The summed E-state index contributed by atoms with van der Waals surface area (Å²) in [4.78, 5) is 0. The zero-order valence-corrected chi connectivity index (χ0v) is 5.58. The van der Waals surface area contributed by atoms with Gasteiger partial charge in [0.1, 0.15) is 12.4 Å². The Morgan fingerprint density at radius 3 is 3.10 bits per heavy atom. The number of rotatable bonds is 0. The van der Waals surface area contributed by atoms with Crippen LogP contribution in [-0.4, -0.2) is 13.2 Å². The van der Waals surface area contributed by atoms with Gasteiger partial charge in [-0.1, -0.05) is 12.1 Å². The van der Waals surface area contributed by atoms with Crippen molar-refractivity contribution in [3.8, 4) is 5.75 Å². The highest BCUT2D eigenvalue weighted by atomic mass is 16.5. The van der Waals surface area contributed by atoms with E-state index in [1.807, 2.05) is 24.3 Å². The predicted octanol–water partition coefficient (Wildman–Crippen LogP) is 1.31. The van der Waals surface area contributed by atoms with Gasteiger partial charge in [0.2, 0.25) is 0 Å². The van der Waals surface area contributed by atoms with E-state index in [9.17, 15) is 0 Å². The summed E-state index contributed by atoms with van der Waals surface area (Å²) in [7, 11) is 0. The minimum atomic E-state index is 0.719. The zero-order valence-electron chi connectivity index (χ0n) is 5.58. The topological polar surface area (TPSA) is 23.3 Å². The van der Waals surface area contributed by atoms with Crippen LogP contribution >= 0.6 is 0 Å². The molecule has 0 amide bonds. The summed E-state index contributed by atoms with van der Waals surface area (Å²) in [6.07, 6.45) is 0. The van der Waals surface area contributed by atoms with Gasteiger partial charge in [0.15, 0.2) is 0 Å². The van der Waals surface area contributed by atoms with Gasteiger partial charge in [-0.2, -0.15) is 0 Å². The fraction of sp³-hybridized carbons (Fsp3) is 0.250. The lowest BCUT2D eigenvalue weighted by Gasteiger charge is -2.15. The van der Waals surface area contributed by atoms with Crippen molar-refractivity contribution in [2.45, 2.75) is 0 Å². The molecular weight excluding hydrogens is 126 g/mol. The van der Waals surface area contributed by atoms with E-state index in [0.29, 0.717) is 0 Å². The highest BCUT2D eigenvalue weighted by Crippen LogP contribution is 2.25. The van der Waals surface area contributed by atoms with E-state index in [0.717, 1.165) is 24.6 Å². The molecule has 0 spiro atoms. The van der Waals surface area contributed by atoms with Crippen LogP contribution in [0.25, 0.3) is 0 Å². The molecule has 1 aromatic carbocycles. The van der Waals surface area contributed by atoms with E-state index in [2.05, 4.69) is 5.32 Å². The van der Waals surface area contributed by atoms with Gasteiger partial charge < -0.3 is 4.74 Å². The highest BCUT2D eigenvalue weighted by molar-refractivity contribution is 5.51. The largest absolute Gasteiger partial charge is 0.489 e. The zero-order chi connectivity index (χ0) is 6.81. The number of benzene rings is 1. The number of hydrogen-bond donors (Lipinski definition) is 0. The molecule has 1 aliphatic heterocycles. The van der Waals surface area contributed by atoms with Gasteiger partial charge in [-0.3, -0.25) is 5.32 Å². The number of hydrogen-bond acceptors (Lipinski definition) is 1. The molecular formula is C8H8NO. The van der Waals surface area contributed by atoms with Crippen molar-refractivity contribution in [3.05, 3.63) is 24.3 Å². The van der Waals surface area contributed by atoms with Crippen LogP contribution in [0, 0.1) is 0 Å². The Labute approximate surface area is 59.8 Å². The number of para-hydroxylation sites is 2. The average Bonchev–Trinajstić information content (AvgIpc) is 2.05. The summed E-state index contributed by atoms with van der Waals surface area (Å²) in [5, 5.41) is 4.27. The molecule has 0 atom stereocenters. The second-order valence-corrected chi connectivity index (χ2v) is 2.20. The predicted molar refractivity (Wildman–Crippen MR) is 38.6 cm³/mol. The smallest absolute Gasteiger partial charge is 0.144 e. The van der Waals surface area contributed by atoms with E-state index in [4.69, 9.17) is 4.74 Å². The molecule has 0 fully saturated rings. The molecule has 51 valence electrons. The first-order valence-electron chi connectivity index (χ1n) is 3.36. The fourth-order valence-corrected chi connectivity index (χ4v) is 1.03. The number of fused-ring (bicyclic) bond motifs is 1. The first-order chi connectivity index (χ1) is 4.97. The van der Waals surface area contributed by atoms with Crippen molar-refractivity contribution in [1.82, 2.24) is 5.32 Å². The van der Waals surface area contributed by atoms with Crippen LogP contribution in [0.15, 0.2) is 24.3 Å². The van der Waals surface area contributed by atoms with Crippen LogP contribution < -0.4 is 10.1 Å². The van der Waals surface area contributed by atoms with Crippen LogP contribution in [0.2, 0.25) is 0 Å². The summed E-state index contributed by atoms with van der Waals surface area (Å²) in [5.74, 6) is 0.911. The fourth-order valence-electron chi connectivity index (χ4n) is 1.03. The molecule has 1 radical (unpaired) electrons. The van der Waals surface area contributed by atoms with Crippen LogP contribution in [0.3, 0.4) is 0 Å². The van der Waals surface area contributed by atoms with Crippen molar-refractivity contribution < 1.29 is 4.74 Å². The molecule has 10 heavy (non-hydrogen) atoms. The number of nitrogens with zero attached hydrogens (tertiary/aromatic N) is 1. The summed E-state index contributed by atoms with van der Waals surface area (Å²) >= 11 is 0. The lowest BCUT2D eigenvalue weighted by molar-refractivity contribution is 0.301. The van der Waals surface area contributed by atoms with Gasteiger partial charge in [-0.15, -0.1) is 0 Å². The molecule has 0 aromatic heterocycles. The molecule has 0 N–H and O–H groups in total. The standard InChI is InChI=1S/C8H8NO/c1-2-4-8-7(3-1)9-5-6-10-8/h1-4H,5-6H2. The first kappa shape index (κ1) is 5.59. The maximum atomic E-state index is 5.33. The Hall–Kier alpha value is -1.18. The SMILES string of the molecule is c1ccc2c(c1)[N]CCO2. The van der Waals surface area contributed by atoms with Gasteiger partial charge in [0.25, 0.3) is 0 Å². The monoisotopic (exact) mass is 134 g/mol. The van der Waals surface area contributed by atoms with Crippen LogP contribution in [0.1, 0.15) is 0 Å². The van der Waals surface area contributed by atoms with Crippen molar-refractivity contribution in [3.63, 3.8) is 0 Å². The summed E-state index contributed by atoms with van der Waals surface area (Å²) in [5.41, 5.74) is 0.980. The molecule has 2 rings (SSSR count). The van der Waals surface area contributed by atoms with Crippen molar-refractivity contribution >= 4 is 5.69 Å². The molecule has 1 aliphatic rings. The van der Waals surface area contributed by atoms with E-state index in [1.165, 1.54) is 0 Å². The molecule has 0 aliphatic carbocycles. The van der Waals surface area contributed by atoms with E-state index < -0.39 is 0 Å². The minimum Gasteiger partial charge on any atom is -0.489 e. The second kappa shape index (κ2) is 2.21. The first-order valence-corrected chi connectivity index (χ1v) is 3.36. The number of ether oxygens (including phenoxy) is 1. The summed E-state index contributed by atoms with van der Waals surface area (Å²) in [6.45, 7) is 1.51. The van der Waals surface area contributed by atoms with Gasteiger partial charge in [0, 0.05) is 0 Å².